The Balaban J connectivity index is 1.73. The Morgan fingerprint density at radius 3 is 2.62 bits per heavy atom. The number of ether oxygens (including phenoxy) is 1. The van der Waals surface area contributed by atoms with Crippen molar-refractivity contribution in [3.05, 3.63) is 29.8 Å². The van der Waals surface area contributed by atoms with Crippen LogP contribution in [-0.4, -0.2) is 12.6 Å². The molecule has 2 rings (SSSR count). The summed E-state index contributed by atoms with van der Waals surface area (Å²) in [5.74, 6) is 1.64. The standard InChI is InChI=1S/C14H21NO/c1-11-5-7-13(8-6-11)16-10-9-12-3-2-4-14(12)15/h5-8,12,14H,2-4,9-10,15H2,1H3. The molecule has 1 aromatic carbocycles. The topological polar surface area (TPSA) is 35.2 Å². The van der Waals surface area contributed by atoms with Crippen molar-refractivity contribution in [1.82, 2.24) is 0 Å². The van der Waals surface area contributed by atoms with Gasteiger partial charge in [-0.05, 0) is 44.2 Å². The zero-order chi connectivity index (χ0) is 11.4. The minimum Gasteiger partial charge on any atom is -0.494 e. The van der Waals surface area contributed by atoms with Crippen LogP contribution in [0.1, 0.15) is 31.2 Å². The lowest BCUT2D eigenvalue weighted by atomic mass is 10.0. The zero-order valence-corrected chi connectivity index (χ0v) is 9.99. The minimum absolute atomic E-state index is 0.404. The van der Waals surface area contributed by atoms with Crippen molar-refractivity contribution in [3.63, 3.8) is 0 Å². The van der Waals surface area contributed by atoms with E-state index in [0.29, 0.717) is 12.0 Å². The largest absolute Gasteiger partial charge is 0.494 e. The van der Waals surface area contributed by atoms with Crippen LogP contribution in [0.5, 0.6) is 5.75 Å². The van der Waals surface area contributed by atoms with Crippen molar-refractivity contribution in [2.45, 2.75) is 38.6 Å². The van der Waals surface area contributed by atoms with Crippen LogP contribution >= 0.6 is 0 Å². The Morgan fingerprint density at radius 2 is 2.00 bits per heavy atom. The Labute approximate surface area is 97.8 Å². The van der Waals surface area contributed by atoms with Crippen LogP contribution in [-0.2, 0) is 0 Å². The number of aryl methyl sites for hydroxylation is 1. The van der Waals surface area contributed by atoms with Gasteiger partial charge in [0.1, 0.15) is 5.75 Å². The minimum atomic E-state index is 0.404. The van der Waals surface area contributed by atoms with Crippen LogP contribution < -0.4 is 10.5 Å². The average Bonchev–Trinajstić information content (AvgIpc) is 2.68. The highest BCUT2D eigenvalue weighted by atomic mass is 16.5. The number of hydrogen-bond acceptors (Lipinski definition) is 2. The summed E-state index contributed by atoms with van der Waals surface area (Å²) >= 11 is 0. The highest BCUT2D eigenvalue weighted by Crippen LogP contribution is 2.26. The van der Waals surface area contributed by atoms with E-state index in [-0.39, 0.29) is 0 Å². The van der Waals surface area contributed by atoms with E-state index in [1.807, 2.05) is 12.1 Å². The van der Waals surface area contributed by atoms with Gasteiger partial charge in [-0.15, -0.1) is 0 Å². The third-order valence-electron chi connectivity index (χ3n) is 3.50. The summed E-state index contributed by atoms with van der Waals surface area (Å²) in [6, 6.07) is 8.63. The van der Waals surface area contributed by atoms with Gasteiger partial charge in [-0.2, -0.15) is 0 Å². The van der Waals surface area contributed by atoms with E-state index in [1.165, 1.54) is 24.8 Å². The summed E-state index contributed by atoms with van der Waals surface area (Å²) < 4.78 is 5.72. The van der Waals surface area contributed by atoms with Gasteiger partial charge in [-0.3, -0.25) is 0 Å². The first-order chi connectivity index (χ1) is 7.75. The number of hydrogen-bond donors (Lipinski definition) is 1. The molecule has 2 unspecified atom stereocenters. The van der Waals surface area contributed by atoms with E-state index in [2.05, 4.69) is 19.1 Å². The van der Waals surface area contributed by atoms with Crippen LogP contribution in [0.3, 0.4) is 0 Å². The number of nitrogens with two attached hydrogens (primary N) is 1. The lowest BCUT2D eigenvalue weighted by molar-refractivity contribution is 0.271. The summed E-state index contributed by atoms with van der Waals surface area (Å²) in [5, 5.41) is 0. The van der Waals surface area contributed by atoms with Gasteiger partial charge < -0.3 is 10.5 Å². The molecule has 2 heteroatoms. The van der Waals surface area contributed by atoms with E-state index in [1.54, 1.807) is 0 Å². The normalized spacial score (nSPS) is 24.6. The first kappa shape index (κ1) is 11.5. The zero-order valence-electron chi connectivity index (χ0n) is 9.99. The molecule has 0 heterocycles. The second kappa shape index (κ2) is 5.35. The van der Waals surface area contributed by atoms with Gasteiger partial charge in [-0.1, -0.05) is 24.1 Å². The fourth-order valence-corrected chi connectivity index (χ4v) is 2.39. The first-order valence-electron chi connectivity index (χ1n) is 6.21. The quantitative estimate of drug-likeness (QED) is 0.845. The SMILES string of the molecule is Cc1ccc(OCCC2CCCC2N)cc1. The van der Waals surface area contributed by atoms with E-state index in [0.717, 1.165) is 18.8 Å². The molecule has 1 fully saturated rings. The average molecular weight is 219 g/mol. The van der Waals surface area contributed by atoms with Crippen molar-refractivity contribution >= 4 is 0 Å². The van der Waals surface area contributed by atoms with E-state index in [4.69, 9.17) is 10.5 Å². The molecule has 2 nitrogen and oxygen atoms in total. The van der Waals surface area contributed by atoms with Crippen molar-refractivity contribution in [2.75, 3.05) is 6.61 Å². The second-order valence-corrected chi connectivity index (χ2v) is 4.81. The maximum atomic E-state index is 6.02. The molecule has 1 saturated carbocycles. The molecule has 2 N–H and O–H groups in total. The third kappa shape index (κ3) is 2.99. The molecule has 1 aliphatic carbocycles. The van der Waals surface area contributed by atoms with Crippen molar-refractivity contribution in [1.29, 1.82) is 0 Å². The van der Waals surface area contributed by atoms with Crippen LogP contribution in [0.15, 0.2) is 24.3 Å². The molecule has 0 aliphatic heterocycles. The van der Waals surface area contributed by atoms with Crippen molar-refractivity contribution < 1.29 is 4.74 Å². The summed E-state index contributed by atoms with van der Waals surface area (Å²) in [6.45, 7) is 2.88. The fourth-order valence-electron chi connectivity index (χ4n) is 2.39. The van der Waals surface area contributed by atoms with Gasteiger partial charge in [0.05, 0.1) is 6.61 Å². The maximum Gasteiger partial charge on any atom is 0.119 e. The van der Waals surface area contributed by atoms with Crippen molar-refractivity contribution in [2.24, 2.45) is 11.7 Å². The maximum absolute atomic E-state index is 6.02. The highest BCUT2D eigenvalue weighted by molar-refractivity contribution is 5.26. The molecule has 16 heavy (non-hydrogen) atoms. The van der Waals surface area contributed by atoms with E-state index >= 15 is 0 Å². The van der Waals surface area contributed by atoms with Gasteiger partial charge in [0.15, 0.2) is 0 Å². The van der Waals surface area contributed by atoms with Gasteiger partial charge in [-0.25, -0.2) is 0 Å². The van der Waals surface area contributed by atoms with Crippen LogP contribution in [0.25, 0.3) is 0 Å². The van der Waals surface area contributed by atoms with E-state index < -0.39 is 0 Å². The van der Waals surface area contributed by atoms with E-state index in [9.17, 15) is 0 Å². The smallest absolute Gasteiger partial charge is 0.119 e. The summed E-state index contributed by atoms with van der Waals surface area (Å²) in [7, 11) is 0. The Morgan fingerprint density at radius 1 is 1.25 bits per heavy atom. The molecule has 0 amide bonds. The summed E-state index contributed by atoms with van der Waals surface area (Å²) in [4.78, 5) is 0. The summed E-state index contributed by atoms with van der Waals surface area (Å²) in [5.41, 5.74) is 7.29. The lowest BCUT2D eigenvalue weighted by Gasteiger charge is -2.15. The van der Waals surface area contributed by atoms with Crippen molar-refractivity contribution in [3.8, 4) is 5.75 Å². The molecule has 0 bridgehead atoms. The molecular formula is C14H21NO. The molecule has 0 aromatic heterocycles. The van der Waals surface area contributed by atoms with Crippen LogP contribution in [0, 0.1) is 12.8 Å². The van der Waals surface area contributed by atoms with Gasteiger partial charge >= 0.3 is 0 Å². The van der Waals surface area contributed by atoms with Gasteiger partial charge in [0, 0.05) is 6.04 Å². The lowest BCUT2D eigenvalue weighted by Crippen LogP contribution is -2.25. The monoisotopic (exact) mass is 219 g/mol. The molecule has 0 saturated heterocycles. The first-order valence-corrected chi connectivity index (χ1v) is 6.21. The molecule has 88 valence electrons. The highest BCUT2D eigenvalue weighted by Gasteiger charge is 2.23. The molecule has 1 aliphatic rings. The molecule has 0 spiro atoms. The Hall–Kier alpha value is -1.02. The van der Waals surface area contributed by atoms with Crippen LogP contribution in [0.2, 0.25) is 0 Å². The molecule has 1 aromatic rings. The Kier molecular flexibility index (Phi) is 3.83. The molecule has 0 radical (unpaired) electrons. The van der Waals surface area contributed by atoms with Gasteiger partial charge in [0.2, 0.25) is 0 Å². The number of benzene rings is 1. The number of rotatable bonds is 4. The summed E-state index contributed by atoms with van der Waals surface area (Å²) in [6.07, 6.45) is 4.85. The predicted octanol–water partition coefficient (Wildman–Crippen LogP) is 2.89. The second-order valence-electron chi connectivity index (χ2n) is 4.81. The predicted molar refractivity (Wildman–Crippen MR) is 66.6 cm³/mol. The Bertz CT molecular complexity index is 320. The molecule has 2 atom stereocenters. The third-order valence-corrected chi connectivity index (χ3v) is 3.50. The van der Waals surface area contributed by atoms with Crippen LogP contribution in [0.4, 0.5) is 0 Å². The fraction of sp³-hybridized carbons (Fsp3) is 0.571. The molecular weight excluding hydrogens is 198 g/mol. The van der Waals surface area contributed by atoms with Gasteiger partial charge in [0.25, 0.3) is 0 Å².